The van der Waals surface area contributed by atoms with E-state index in [0.717, 1.165) is 21.5 Å². The number of nitrogens with one attached hydrogen (secondary N) is 2. The number of urea groups is 1. The summed E-state index contributed by atoms with van der Waals surface area (Å²) in [7, 11) is 0. The van der Waals surface area contributed by atoms with Crippen LogP contribution in [0.15, 0.2) is 6.07 Å². The van der Waals surface area contributed by atoms with Crippen molar-refractivity contribution in [3.05, 3.63) is 22.3 Å². The summed E-state index contributed by atoms with van der Waals surface area (Å²) in [6, 6.07) is 1.29. The molecule has 2 heterocycles. The first-order chi connectivity index (χ1) is 9.90. The molecule has 0 saturated heterocycles. The van der Waals surface area contributed by atoms with Crippen LogP contribution < -0.4 is 22.1 Å². The highest BCUT2D eigenvalue weighted by atomic mass is 32.1. The number of nitrogens with zero attached hydrogens (tertiary/aromatic N) is 1. The number of primary amides is 1. The standard InChI is InChI=1S/C13H17N5O2S/c1-6-5-8-9(7(2)18-6)10(14)11(21-8)12(19)16-3-4-17-13(15)20/h5H,3-4,14H2,1-2H3,(H,16,19)(H3,15,17,20). The van der Waals surface area contributed by atoms with Crippen molar-refractivity contribution in [3.8, 4) is 0 Å². The summed E-state index contributed by atoms with van der Waals surface area (Å²) in [6.45, 7) is 4.33. The quantitative estimate of drug-likeness (QED) is 0.626. The van der Waals surface area contributed by atoms with Gasteiger partial charge in [0.15, 0.2) is 0 Å². The van der Waals surface area contributed by atoms with Crippen LogP contribution in [0.5, 0.6) is 0 Å². The third kappa shape index (κ3) is 3.22. The fraction of sp³-hybridized carbons (Fsp3) is 0.308. The van der Waals surface area contributed by atoms with Crippen molar-refractivity contribution in [2.24, 2.45) is 5.73 Å². The third-order valence-corrected chi connectivity index (χ3v) is 4.09. The number of pyridine rings is 1. The number of carbonyl (C=O) groups is 2. The number of rotatable bonds is 4. The van der Waals surface area contributed by atoms with Gasteiger partial charge in [-0.05, 0) is 19.9 Å². The lowest BCUT2D eigenvalue weighted by atomic mass is 10.2. The second-order valence-corrected chi connectivity index (χ2v) is 5.67. The maximum atomic E-state index is 12.1. The fourth-order valence-electron chi connectivity index (χ4n) is 2.09. The number of thiophene rings is 1. The van der Waals surface area contributed by atoms with Gasteiger partial charge in [0, 0.05) is 34.6 Å². The number of carbonyl (C=O) groups excluding carboxylic acids is 2. The summed E-state index contributed by atoms with van der Waals surface area (Å²) in [4.78, 5) is 27.5. The van der Waals surface area contributed by atoms with Crippen LogP contribution in [0.25, 0.3) is 10.1 Å². The molecule has 0 spiro atoms. The highest BCUT2D eigenvalue weighted by molar-refractivity contribution is 7.21. The second-order valence-electron chi connectivity index (χ2n) is 4.61. The maximum absolute atomic E-state index is 12.1. The Labute approximate surface area is 125 Å². The van der Waals surface area contributed by atoms with Gasteiger partial charge in [0.2, 0.25) is 0 Å². The average molecular weight is 307 g/mol. The summed E-state index contributed by atoms with van der Waals surface area (Å²) < 4.78 is 0.943. The monoisotopic (exact) mass is 307 g/mol. The Bertz CT molecular complexity index is 710. The van der Waals surface area contributed by atoms with Crippen molar-refractivity contribution >= 4 is 39.0 Å². The second kappa shape index (κ2) is 5.96. The Morgan fingerprint density at radius 3 is 2.62 bits per heavy atom. The van der Waals surface area contributed by atoms with E-state index >= 15 is 0 Å². The molecule has 3 amide bonds. The maximum Gasteiger partial charge on any atom is 0.312 e. The van der Waals surface area contributed by atoms with E-state index in [2.05, 4.69) is 15.6 Å². The third-order valence-electron chi connectivity index (χ3n) is 2.93. The van der Waals surface area contributed by atoms with Crippen molar-refractivity contribution < 1.29 is 9.59 Å². The molecule has 0 unspecified atom stereocenters. The minimum absolute atomic E-state index is 0.267. The van der Waals surface area contributed by atoms with Gasteiger partial charge in [0.25, 0.3) is 5.91 Å². The Morgan fingerprint density at radius 1 is 1.29 bits per heavy atom. The first-order valence-corrected chi connectivity index (χ1v) is 7.19. The van der Waals surface area contributed by atoms with E-state index < -0.39 is 6.03 Å². The molecule has 0 saturated carbocycles. The summed E-state index contributed by atoms with van der Waals surface area (Å²) >= 11 is 1.34. The number of hydrogen-bond acceptors (Lipinski definition) is 5. The zero-order valence-electron chi connectivity index (χ0n) is 11.8. The molecule has 0 aliphatic rings. The molecular weight excluding hydrogens is 290 g/mol. The van der Waals surface area contributed by atoms with Crippen LogP contribution in [0.2, 0.25) is 0 Å². The molecule has 8 heteroatoms. The number of aromatic nitrogens is 1. The van der Waals surface area contributed by atoms with Gasteiger partial charge < -0.3 is 22.1 Å². The topological polar surface area (TPSA) is 123 Å². The molecule has 0 aliphatic heterocycles. The van der Waals surface area contributed by atoms with Gasteiger partial charge in [-0.3, -0.25) is 9.78 Å². The molecule has 0 bridgehead atoms. The van der Waals surface area contributed by atoms with Gasteiger partial charge in [-0.2, -0.15) is 0 Å². The van der Waals surface area contributed by atoms with Crippen molar-refractivity contribution in [1.29, 1.82) is 0 Å². The smallest absolute Gasteiger partial charge is 0.312 e. The van der Waals surface area contributed by atoms with E-state index in [1.54, 1.807) is 0 Å². The van der Waals surface area contributed by atoms with Gasteiger partial charge in [0.1, 0.15) is 4.88 Å². The molecule has 6 N–H and O–H groups in total. The normalized spacial score (nSPS) is 10.6. The van der Waals surface area contributed by atoms with E-state index in [9.17, 15) is 9.59 Å². The number of nitrogens with two attached hydrogens (primary N) is 2. The van der Waals surface area contributed by atoms with Gasteiger partial charge in [-0.25, -0.2) is 4.79 Å². The van der Waals surface area contributed by atoms with Crippen LogP contribution in [0.4, 0.5) is 10.5 Å². The molecule has 2 rings (SSSR count). The molecule has 0 radical (unpaired) electrons. The summed E-state index contributed by atoms with van der Waals surface area (Å²) in [5.74, 6) is -0.267. The van der Waals surface area contributed by atoms with Gasteiger partial charge >= 0.3 is 6.03 Å². The Hall–Kier alpha value is -2.35. The van der Waals surface area contributed by atoms with Crippen LogP contribution in [0.3, 0.4) is 0 Å². The largest absolute Gasteiger partial charge is 0.397 e. The number of hydrogen-bond donors (Lipinski definition) is 4. The highest BCUT2D eigenvalue weighted by Crippen LogP contribution is 2.35. The van der Waals surface area contributed by atoms with E-state index in [1.165, 1.54) is 11.3 Å². The van der Waals surface area contributed by atoms with E-state index in [4.69, 9.17) is 11.5 Å². The molecular formula is C13H17N5O2S. The molecule has 112 valence electrons. The first kappa shape index (κ1) is 15.0. The number of nitrogen functional groups attached to an aromatic ring is 1. The minimum atomic E-state index is -0.622. The summed E-state index contributed by atoms with van der Waals surface area (Å²) in [5, 5.41) is 5.91. The predicted molar refractivity (Wildman–Crippen MR) is 83.4 cm³/mol. The average Bonchev–Trinajstić information content (AvgIpc) is 2.71. The first-order valence-electron chi connectivity index (χ1n) is 6.38. The zero-order valence-corrected chi connectivity index (χ0v) is 12.6. The lowest BCUT2D eigenvalue weighted by Gasteiger charge is -2.04. The Morgan fingerprint density at radius 2 is 1.95 bits per heavy atom. The van der Waals surface area contributed by atoms with Crippen molar-refractivity contribution in [1.82, 2.24) is 15.6 Å². The van der Waals surface area contributed by atoms with Crippen LogP contribution in [0.1, 0.15) is 21.1 Å². The van der Waals surface area contributed by atoms with E-state index in [-0.39, 0.29) is 19.0 Å². The number of anilines is 1. The molecule has 2 aromatic rings. The molecule has 2 aromatic heterocycles. The molecule has 0 atom stereocenters. The SMILES string of the molecule is Cc1cc2sc(C(=O)NCCNC(N)=O)c(N)c2c(C)n1. The number of aryl methyl sites for hydroxylation is 2. The fourth-order valence-corrected chi connectivity index (χ4v) is 3.28. The van der Waals surface area contributed by atoms with Gasteiger partial charge in [0.05, 0.1) is 5.69 Å². The van der Waals surface area contributed by atoms with Crippen LogP contribution >= 0.6 is 11.3 Å². The zero-order chi connectivity index (χ0) is 15.6. The molecule has 0 aromatic carbocycles. The van der Waals surface area contributed by atoms with Crippen LogP contribution in [-0.4, -0.2) is 30.0 Å². The summed E-state index contributed by atoms with van der Waals surface area (Å²) in [5.41, 5.74) is 13.1. The molecule has 21 heavy (non-hydrogen) atoms. The highest BCUT2D eigenvalue weighted by Gasteiger charge is 2.18. The van der Waals surface area contributed by atoms with Crippen molar-refractivity contribution in [2.75, 3.05) is 18.8 Å². The van der Waals surface area contributed by atoms with Crippen LogP contribution in [-0.2, 0) is 0 Å². The predicted octanol–water partition coefficient (Wildman–Crippen LogP) is 0.893. The molecule has 0 aliphatic carbocycles. The molecule has 7 nitrogen and oxygen atoms in total. The van der Waals surface area contributed by atoms with Crippen molar-refractivity contribution in [3.63, 3.8) is 0 Å². The van der Waals surface area contributed by atoms with E-state index in [1.807, 2.05) is 19.9 Å². The Kier molecular flexibility index (Phi) is 4.27. The van der Waals surface area contributed by atoms with Gasteiger partial charge in [-0.15, -0.1) is 11.3 Å². The number of fused-ring (bicyclic) bond motifs is 1. The summed E-state index contributed by atoms with van der Waals surface area (Å²) in [6.07, 6.45) is 0. The van der Waals surface area contributed by atoms with Gasteiger partial charge in [-0.1, -0.05) is 0 Å². The van der Waals surface area contributed by atoms with Crippen molar-refractivity contribution in [2.45, 2.75) is 13.8 Å². The number of amides is 3. The Balaban J connectivity index is 2.18. The lowest BCUT2D eigenvalue weighted by molar-refractivity contribution is 0.0959. The molecule has 0 fully saturated rings. The minimum Gasteiger partial charge on any atom is -0.397 e. The van der Waals surface area contributed by atoms with Crippen LogP contribution in [0, 0.1) is 13.8 Å². The van der Waals surface area contributed by atoms with E-state index in [0.29, 0.717) is 10.6 Å². The lowest BCUT2D eigenvalue weighted by Crippen LogP contribution is -2.37.